The molecule has 1 atom stereocenters. The molecule has 0 aliphatic rings. The van der Waals surface area contributed by atoms with Crippen LogP contribution in [0.3, 0.4) is 0 Å². The first-order chi connectivity index (χ1) is 9.00. The Morgan fingerprint density at radius 3 is 2.63 bits per heavy atom. The molecule has 1 heterocycles. The van der Waals surface area contributed by atoms with Gasteiger partial charge in [-0.25, -0.2) is 9.89 Å². The van der Waals surface area contributed by atoms with Gasteiger partial charge in [0.25, 0.3) is 0 Å². The lowest BCUT2D eigenvalue weighted by Gasteiger charge is -2.13. The van der Waals surface area contributed by atoms with E-state index in [1.807, 2.05) is 45.0 Å². The topological polar surface area (TPSA) is 76.7 Å². The van der Waals surface area contributed by atoms with Crippen molar-refractivity contribution in [3.63, 3.8) is 0 Å². The molecule has 0 fully saturated rings. The largest absolute Gasteiger partial charge is 0.344 e. The molecular formula is C13H18N4OS. The minimum atomic E-state index is -0.184. The van der Waals surface area contributed by atoms with Crippen LogP contribution in [0.2, 0.25) is 0 Å². The molecule has 0 saturated carbocycles. The molecule has 0 aliphatic heterocycles. The summed E-state index contributed by atoms with van der Waals surface area (Å²) in [5, 5.41) is 7.23. The van der Waals surface area contributed by atoms with Gasteiger partial charge in [-0.3, -0.25) is 4.57 Å². The molecule has 3 N–H and O–H groups in total. The first kappa shape index (κ1) is 13.9. The Morgan fingerprint density at radius 2 is 2.00 bits per heavy atom. The van der Waals surface area contributed by atoms with Gasteiger partial charge >= 0.3 is 5.69 Å². The van der Waals surface area contributed by atoms with Crippen molar-refractivity contribution in [1.82, 2.24) is 14.8 Å². The fourth-order valence-corrected chi connectivity index (χ4v) is 3.06. The number of benzene rings is 1. The van der Waals surface area contributed by atoms with E-state index in [9.17, 15) is 4.79 Å². The average molecular weight is 278 g/mol. The second kappa shape index (κ2) is 5.63. The van der Waals surface area contributed by atoms with Gasteiger partial charge in [0, 0.05) is 17.0 Å². The summed E-state index contributed by atoms with van der Waals surface area (Å²) in [7, 11) is 0. The van der Waals surface area contributed by atoms with Crippen LogP contribution in [0.15, 0.2) is 39.1 Å². The van der Waals surface area contributed by atoms with Gasteiger partial charge in [-0.15, -0.1) is 5.10 Å². The number of aromatic amines is 1. The first-order valence-corrected chi connectivity index (χ1v) is 7.01. The summed E-state index contributed by atoms with van der Waals surface area (Å²) in [4.78, 5) is 12.7. The zero-order valence-electron chi connectivity index (χ0n) is 11.3. The second-order valence-corrected chi connectivity index (χ2v) is 5.71. The van der Waals surface area contributed by atoms with Gasteiger partial charge in [0.15, 0.2) is 5.16 Å². The van der Waals surface area contributed by atoms with Gasteiger partial charge in [0.05, 0.1) is 0 Å². The molecule has 0 amide bonds. The van der Waals surface area contributed by atoms with Crippen LogP contribution >= 0.6 is 11.8 Å². The quantitative estimate of drug-likeness (QED) is 0.900. The van der Waals surface area contributed by atoms with Gasteiger partial charge in [0.1, 0.15) is 0 Å². The molecule has 5 nitrogen and oxygen atoms in total. The Hall–Kier alpha value is -1.53. The SMILES string of the molecule is CC(N)c1ccccc1Sc1n[nH]c(=O)n1C(C)C. The van der Waals surface area contributed by atoms with Gasteiger partial charge in [-0.05, 0) is 44.2 Å². The Balaban J connectivity index is 2.40. The van der Waals surface area contributed by atoms with Gasteiger partial charge < -0.3 is 5.73 Å². The lowest BCUT2D eigenvalue weighted by Crippen LogP contribution is -2.19. The zero-order valence-corrected chi connectivity index (χ0v) is 12.1. The lowest BCUT2D eigenvalue weighted by atomic mass is 10.1. The third-order valence-corrected chi connectivity index (χ3v) is 3.86. The van der Waals surface area contributed by atoms with E-state index in [0.29, 0.717) is 5.16 Å². The minimum absolute atomic E-state index is 0.0538. The Bertz CT molecular complexity index is 615. The normalized spacial score (nSPS) is 12.9. The van der Waals surface area contributed by atoms with Crippen LogP contribution in [-0.2, 0) is 0 Å². The Morgan fingerprint density at radius 1 is 1.32 bits per heavy atom. The maximum atomic E-state index is 11.7. The highest BCUT2D eigenvalue weighted by molar-refractivity contribution is 7.99. The van der Waals surface area contributed by atoms with Crippen LogP contribution in [0.25, 0.3) is 0 Å². The molecule has 2 rings (SSSR count). The summed E-state index contributed by atoms with van der Waals surface area (Å²) >= 11 is 1.46. The molecular weight excluding hydrogens is 260 g/mol. The van der Waals surface area contributed by atoms with E-state index in [1.165, 1.54) is 11.8 Å². The number of aromatic nitrogens is 3. The fraction of sp³-hybridized carbons (Fsp3) is 0.385. The maximum Gasteiger partial charge on any atom is 0.344 e. The van der Waals surface area contributed by atoms with E-state index in [4.69, 9.17) is 5.73 Å². The predicted molar refractivity (Wildman–Crippen MR) is 76.4 cm³/mol. The van der Waals surface area contributed by atoms with E-state index >= 15 is 0 Å². The van der Waals surface area contributed by atoms with Crippen molar-refractivity contribution in [2.24, 2.45) is 5.73 Å². The molecule has 0 bridgehead atoms. The zero-order chi connectivity index (χ0) is 14.0. The van der Waals surface area contributed by atoms with Crippen molar-refractivity contribution in [1.29, 1.82) is 0 Å². The third-order valence-electron chi connectivity index (χ3n) is 2.80. The number of hydrogen-bond donors (Lipinski definition) is 2. The van der Waals surface area contributed by atoms with Crippen molar-refractivity contribution in [2.75, 3.05) is 0 Å². The van der Waals surface area contributed by atoms with Crippen molar-refractivity contribution in [3.8, 4) is 0 Å². The van der Waals surface area contributed by atoms with E-state index < -0.39 is 0 Å². The van der Waals surface area contributed by atoms with E-state index in [1.54, 1.807) is 4.57 Å². The van der Waals surface area contributed by atoms with Crippen molar-refractivity contribution in [2.45, 2.75) is 42.9 Å². The van der Waals surface area contributed by atoms with Crippen molar-refractivity contribution < 1.29 is 0 Å². The Kier molecular flexibility index (Phi) is 4.11. The van der Waals surface area contributed by atoms with Crippen molar-refractivity contribution in [3.05, 3.63) is 40.3 Å². The van der Waals surface area contributed by atoms with E-state index in [2.05, 4.69) is 10.2 Å². The number of nitrogens with zero attached hydrogens (tertiary/aromatic N) is 2. The maximum absolute atomic E-state index is 11.7. The molecule has 0 radical (unpaired) electrons. The number of hydrogen-bond acceptors (Lipinski definition) is 4. The predicted octanol–water partition coefficient (Wildman–Crippen LogP) is 2.32. The van der Waals surface area contributed by atoms with Gasteiger partial charge in [-0.2, -0.15) is 0 Å². The molecule has 1 aromatic heterocycles. The summed E-state index contributed by atoms with van der Waals surface area (Å²) in [6.07, 6.45) is 0. The monoisotopic (exact) mass is 278 g/mol. The summed E-state index contributed by atoms with van der Waals surface area (Å²) in [5.41, 5.74) is 6.83. The van der Waals surface area contributed by atoms with Crippen molar-refractivity contribution >= 4 is 11.8 Å². The van der Waals surface area contributed by atoms with Crippen LogP contribution in [-0.4, -0.2) is 14.8 Å². The average Bonchev–Trinajstić information content (AvgIpc) is 2.71. The van der Waals surface area contributed by atoms with Crippen LogP contribution < -0.4 is 11.4 Å². The number of nitrogens with one attached hydrogen (secondary N) is 1. The smallest absolute Gasteiger partial charge is 0.324 e. The van der Waals surface area contributed by atoms with Gasteiger partial charge in [-0.1, -0.05) is 18.2 Å². The summed E-state index contributed by atoms with van der Waals surface area (Å²) in [6.45, 7) is 5.86. The highest BCUT2D eigenvalue weighted by Crippen LogP contribution is 2.31. The van der Waals surface area contributed by atoms with E-state index in [0.717, 1.165) is 10.5 Å². The van der Waals surface area contributed by atoms with Gasteiger partial charge in [0.2, 0.25) is 0 Å². The molecule has 0 spiro atoms. The van der Waals surface area contributed by atoms with Crippen LogP contribution in [0.5, 0.6) is 0 Å². The molecule has 2 aromatic rings. The molecule has 6 heteroatoms. The van der Waals surface area contributed by atoms with Crippen LogP contribution in [0.4, 0.5) is 0 Å². The van der Waals surface area contributed by atoms with Crippen LogP contribution in [0, 0.1) is 0 Å². The second-order valence-electron chi connectivity index (χ2n) is 4.70. The molecule has 1 unspecified atom stereocenters. The van der Waals surface area contributed by atoms with Crippen LogP contribution in [0.1, 0.15) is 38.4 Å². The summed E-state index contributed by atoms with van der Waals surface area (Å²) < 4.78 is 1.64. The standard InChI is InChI=1S/C13H18N4OS/c1-8(2)17-12(18)15-16-13(17)19-11-7-5-4-6-10(11)9(3)14/h4-9H,14H2,1-3H3,(H,15,18). The highest BCUT2D eigenvalue weighted by atomic mass is 32.2. The minimum Gasteiger partial charge on any atom is -0.324 e. The molecule has 0 aliphatic carbocycles. The molecule has 19 heavy (non-hydrogen) atoms. The number of H-pyrrole nitrogens is 1. The lowest BCUT2D eigenvalue weighted by molar-refractivity contribution is 0.534. The summed E-state index contributed by atoms with van der Waals surface area (Å²) in [6, 6.07) is 7.92. The number of rotatable bonds is 4. The first-order valence-electron chi connectivity index (χ1n) is 6.20. The number of nitrogens with two attached hydrogens (primary N) is 1. The van der Waals surface area contributed by atoms with E-state index in [-0.39, 0.29) is 17.8 Å². The fourth-order valence-electron chi connectivity index (χ4n) is 1.87. The summed E-state index contributed by atoms with van der Waals surface area (Å²) in [5.74, 6) is 0. The third kappa shape index (κ3) is 2.90. The molecule has 0 saturated heterocycles. The molecule has 1 aromatic carbocycles. The Labute approximate surface area is 116 Å². The highest BCUT2D eigenvalue weighted by Gasteiger charge is 2.15. The molecule has 102 valence electrons.